The van der Waals surface area contributed by atoms with Gasteiger partial charge in [0, 0.05) is 16.7 Å². The molecule has 2 aromatic carbocycles. The van der Waals surface area contributed by atoms with E-state index in [2.05, 4.69) is 110 Å². The Morgan fingerprint density at radius 2 is 1.37 bits per heavy atom. The molecule has 0 radical (unpaired) electrons. The van der Waals surface area contributed by atoms with Crippen LogP contribution in [-0.4, -0.2) is 10.6 Å². The topological polar surface area (TPSA) is 12.5 Å². The number of nitrogens with zero attached hydrogens (tertiary/aromatic N) is 1. The quantitative estimate of drug-likeness (QED) is 0.552. The van der Waals surface area contributed by atoms with Crippen LogP contribution in [0.4, 0.5) is 0 Å². The van der Waals surface area contributed by atoms with Gasteiger partial charge in [-0.1, -0.05) is 77.9 Å². The average Bonchev–Trinajstić information content (AvgIpc) is 2.92. The summed E-state index contributed by atoms with van der Waals surface area (Å²) in [6.45, 7) is 20.3. The molecule has 2 aromatic rings. The van der Waals surface area contributed by atoms with Gasteiger partial charge in [-0.05, 0) is 48.8 Å². The highest BCUT2D eigenvalue weighted by Crippen LogP contribution is 2.50. The first-order valence-corrected chi connectivity index (χ1v) is 10.0. The Hall–Kier alpha value is -1.80. The Balaban J connectivity index is 2.30. The molecule has 0 aromatic heterocycles. The van der Waals surface area contributed by atoms with Gasteiger partial charge in [-0.2, -0.15) is 0 Å². The fourth-order valence-corrected chi connectivity index (χ4v) is 3.70. The van der Waals surface area contributed by atoms with Gasteiger partial charge >= 0.3 is 0 Å². The van der Waals surface area contributed by atoms with E-state index in [9.17, 15) is 0 Å². The standard InChI is InChI=1S/C25H35NO/c1-23(2,3)18-15-19-21(17-13-11-10-12-14-17)26(25(7,8)9)27-22(19)20(16-18)24(4,5)6/h10-16,21H,1-9H3. The van der Waals surface area contributed by atoms with Gasteiger partial charge in [0.1, 0.15) is 6.04 Å². The zero-order chi connectivity index (χ0) is 20.2. The lowest BCUT2D eigenvalue weighted by molar-refractivity contribution is -0.129. The van der Waals surface area contributed by atoms with E-state index in [1.807, 2.05) is 0 Å². The van der Waals surface area contributed by atoms with Crippen LogP contribution in [-0.2, 0) is 10.8 Å². The zero-order valence-corrected chi connectivity index (χ0v) is 18.5. The molecule has 2 nitrogen and oxygen atoms in total. The second-order valence-electron chi connectivity index (χ2n) is 10.8. The third kappa shape index (κ3) is 3.78. The first-order chi connectivity index (χ1) is 12.3. The van der Waals surface area contributed by atoms with Crippen LogP contribution in [0.15, 0.2) is 42.5 Å². The molecule has 0 amide bonds. The van der Waals surface area contributed by atoms with Crippen molar-refractivity contribution in [3.8, 4) is 5.75 Å². The minimum absolute atomic E-state index is 0.0144. The third-order valence-electron chi connectivity index (χ3n) is 5.29. The van der Waals surface area contributed by atoms with Crippen LogP contribution in [0.25, 0.3) is 0 Å². The number of fused-ring (bicyclic) bond motifs is 1. The van der Waals surface area contributed by atoms with Crippen LogP contribution in [0, 0.1) is 0 Å². The Kier molecular flexibility index (Phi) is 4.71. The van der Waals surface area contributed by atoms with Gasteiger partial charge in [0.2, 0.25) is 0 Å². The van der Waals surface area contributed by atoms with Crippen molar-refractivity contribution in [1.82, 2.24) is 5.06 Å². The largest absolute Gasteiger partial charge is 0.404 e. The highest BCUT2D eigenvalue weighted by Gasteiger charge is 2.43. The van der Waals surface area contributed by atoms with Crippen molar-refractivity contribution in [2.75, 3.05) is 0 Å². The first kappa shape index (κ1) is 19.9. The van der Waals surface area contributed by atoms with Gasteiger partial charge in [-0.15, -0.1) is 5.06 Å². The molecule has 0 saturated heterocycles. The van der Waals surface area contributed by atoms with Crippen LogP contribution in [0.1, 0.15) is 90.6 Å². The molecule has 1 aliphatic heterocycles. The summed E-state index contributed by atoms with van der Waals surface area (Å²) >= 11 is 0. The first-order valence-electron chi connectivity index (χ1n) is 10.0. The molecule has 1 aliphatic rings. The van der Waals surface area contributed by atoms with E-state index >= 15 is 0 Å². The third-order valence-corrected chi connectivity index (χ3v) is 5.29. The van der Waals surface area contributed by atoms with Crippen LogP contribution >= 0.6 is 0 Å². The van der Waals surface area contributed by atoms with E-state index in [1.165, 1.54) is 22.3 Å². The zero-order valence-electron chi connectivity index (χ0n) is 18.5. The van der Waals surface area contributed by atoms with Crippen LogP contribution in [0.2, 0.25) is 0 Å². The van der Waals surface area contributed by atoms with Crippen molar-refractivity contribution < 1.29 is 4.84 Å². The minimum atomic E-state index is -0.115. The number of hydrogen-bond donors (Lipinski definition) is 0. The summed E-state index contributed by atoms with van der Waals surface area (Å²) in [4.78, 5) is 6.60. The molecule has 0 aliphatic carbocycles. The average molecular weight is 366 g/mol. The van der Waals surface area contributed by atoms with Gasteiger partial charge in [-0.25, -0.2) is 0 Å². The molecule has 27 heavy (non-hydrogen) atoms. The van der Waals surface area contributed by atoms with Crippen molar-refractivity contribution in [3.63, 3.8) is 0 Å². The number of hydroxylamine groups is 2. The summed E-state index contributed by atoms with van der Waals surface area (Å²) < 4.78 is 0. The van der Waals surface area contributed by atoms with Gasteiger partial charge in [0.05, 0.1) is 0 Å². The molecule has 1 unspecified atom stereocenters. The Labute approximate surface area is 165 Å². The monoisotopic (exact) mass is 365 g/mol. The smallest absolute Gasteiger partial charge is 0.156 e. The van der Waals surface area contributed by atoms with Crippen LogP contribution < -0.4 is 4.84 Å². The van der Waals surface area contributed by atoms with Crippen LogP contribution in [0.3, 0.4) is 0 Å². The number of rotatable bonds is 1. The van der Waals surface area contributed by atoms with Gasteiger partial charge in [0.15, 0.2) is 5.75 Å². The fraction of sp³-hybridized carbons (Fsp3) is 0.520. The predicted octanol–water partition coefficient (Wildman–Crippen LogP) is 6.78. The Morgan fingerprint density at radius 3 is 1.85 bits per heavy atom. The molecule has 0 spiro atoms. The van der Waals surface area contributed by atoms with Gasteiger partial charge in [0.25, 0.3) is 0 Å². The number of hydrogen-bond acceptors (Lipinski definition) is 2. The molecule has 0 fully saturated rings. The molecule has 3 rings (SSSR count). The predicted molar refractivity (Wildman–Crippen MR) is 114 cm³/mol. The van der Waals surface area contributed by atoms with Crippen molar-refractivity contribution in [2.45, 2.75) is 84.7 Å². The van der Waals surface area contributed by atoms with Crippen molar-refractivity contribution in [3.05, 3.63) is 64.7 Å². The van der Waals surface area contributed by atoms with Gasteiger partial charge < -0.3 is 4.84 Å². The van der Waals surface area contributed by atoms with E-state index in [1.54, 1.807) is 0 Å². The highest BCUT2D eigenvalue weighted by molar-refractivity contribution is 5.55. The maximum atomic E-state index is 6.60. The number of benzene rings is 2. The second-order valence-corrected chi connectivity index (χ2v) is 10.8. The molecule has 1 heterocycles. The summed E-state index contributed by atoms with van der Waals surface area (Å²) in [7, 11) is 0. The van der Waals surface area contributed by atoms with Crippen LogP contribution in [0.5, 0.6) is 5.75 Å². The lowest BCUT2D eigenvalue weighted by atomic mass is 9.78. The summed E-state index contributed by atoms with van der Waals surface area (Å²) in [5.74, 6) is 1.04. The maximum Gasteiger partial charge on any atom is 0.156 e. The van der Waals surface area contributed by atoms with E-state index in [0.29, 0.717) is 0 Å². The van der Waals surface area contributed by atoms with Gasteiger partial charge in [-0.3, -0.25) is 0 Å². The van der Waals surface area contributed by atoms with E-state index < -0.39 is 0 Å². The Morgan fingerprint density at radius 1 is 0.778 bits per heavy atom. The molecule has 0 N–H and O–H groups in total. The van der Waals surface area contributed by atoms with E-state index in [4.69, 9.17) is 4.84 Å². The molecule has 0 saturated carbocycles. The summed E-state index contributed by atoms with van der Waals surface area (Å²) in [6, 6.07) is 15.6. The van der Waals surface area contributed by atoms with E-state index in [-0.39, 0.29) is 22.4 Å². The molecular formula is C25H35NO. The van der Waals surface area contributed by atoms with Crippen molar-refractivity contribution in [2.24, 2.45) is 0 Å². The van der Waals surface area contributed by atoms with Crippen molar-refractivity contribution in [1.29, 1.82) is 0 Å². The lowest BCUT2D eigenvalue weighted by Gasteiger charge is -2.35. The Bertz CT molecular complexity index is 816. The molecule has 1 atom stereocenters. The highest BCUT2D eigenvalue weighted by atomic mass is 16.7. The molecule has 2 heteroatoms. The molecular weight excluding hydrogens is 330 g/mol. The normalized spacial score (nSPS) is 18.3. The SMILES string of the molecule is CC(C)(C)c1cc2c(c(C(C)(C)C)c1)ON(C(C)(C)C)C2c1ccccc1. The maximum absolute atomic E-state index is 6.60. The molecule has 146 valence electrons. The second kappa shape index (κ2) is 6.38. The summed E-state index contributed by atoms with van der Waals surface area (Å²) in [5, 5.41) is 2.18. The van der Waals surface area contributed by atoms with E-state index in [0.717, 1.165) is 5.75 Å². The summed E-state index contributed by atoms with van der Waals surface area (Å²) in [5.41, 5.74) is 5.21. The molecule has 0 bridgehead atoms. The summed E-state index contributed by atoms with van der Waals surface area (Å²) in [6.07, 6.45) is 0. The minimum Gasteiger partial charge on any atom is -0.404 e. The fourth-order valence-electron chi connectivity index (χ4n) is 3.70. The van der Waals surface area contributed by atoms with Crippen molar-refractivity contribution >= 4 is 0 Å². The lowest BCUT2D eigenvalue weighted by Crippen LogP contribution is -2.43.